The topological polar surface area (TPSA) is 32.8 Å². The molecular weight excluding hydrogens is 308 g/mol. The first-order chi connectivity index (χ1) is 11.1. The van der Waals surface area contributed by atoms with E-state index in [1.807, 2.05) is 23.6 Å². The minimum absolute atomic E-state index is 0.148. The molecule has 1 aromatic rings. The zero-order chi connectivity index (χ0) is 16.2. The third kappa shape index (κ3) is 4.43. The number of ether oxygens (including phenoxy) is 1. The van der Waals surface area contributed by atoms with E-state index in [2.05, 4.69) is 23.6 Å². The summed E-state index contributed by atoms with van der Waals surface area (Å²) in [4.78, 5) is 18.2. The van der Waals surface area contributed by atoms with Crippen molar-refractivity contribution in [2.45, 2.75) is 44.9 Å². The number of carbonyl (C=O) groups excluding carboxylic acids is 1. The highest BCUT2D eigenvalue weighted by Crippen LogP contribution is 2.21. The minimum atomic E-state index is 0.148. The highest BCUT2D eigenvalue weighted by Gasteiger charge is 2.31. The van der Waals surface area contributed by atoms with E-state index in [9.17, 15) is 4.79 Å². The molecule has 4 nitrogen and oxygen atoms in total. The Kier molecular flexibility index (Phi) is 5.51. The van der Waals surface area contributed by atoms with Crippen LogP contribution < -0.4 is 0 Å². The van der Waals surface area contributed by atoms with E-state index in [0.717, 1.165) is 43.9 Å². The third-order valence-electron chi connectivity index (χ3n) is 4.56. The Morgan fingerprint density at radius 1 is 1.39 bits per heavy atom. The normalized spacial score (nSPS) is 29.5. The summed E-state index contributed by atoms with van der Waals surface area (Å²) < 4.78 is 5.80. The highest BCUT2D eigenvalue weighted by atomic mass is 32.1. The van der Waals surface area contributed by atoms with Gasteiger partial charge < -0.3 is 9.64 Å². The first kappa shape index (κ1) is 16.7. The molecule has 0 spiro atoms. The molecule has 0 aromatic carbocycles. The van der Waals surface area contributed by atoms with E-state index in [4.69, 9.17) is 4.74 Å². The molecule has 1 amide bonds. The first-order valence-corrected chi connectivity index (χ1v) is 9.40. The van der Waals surface area contributed by atoms with Crippen LogP contribution in [0.15, 0.2) is 23.6 Å². The predicted octanol–water partition coefficient (Wildman–Crippen LogP) is 2.86. The molecule has 3 rings (SSSR count). The van der Waals surface area contributed by atoms with E-state index >= 15 is 0 Å². The summed E-state index contributed by atoms with van der Waals surface area (Å²) in [6.07, 6.45) is 6.44. The fraction of sp³-hybridized carbons (Fsp3) is 0.611. The smallest absolute Gasteiger partial charge is 0.246 e. The van der Waals surface area contributed by atoms with Gasteiger partial charge in [-0.1, -0.05) is 6.07 Å². The molecule has 0 saturated carbocycles. The van der Waals surface area contributed by atoms with Gasteiger partial charge >= 0.3 is 0 Å². The van der Waals surface area contributed by atoms with Gasteiger partial charge in [-0.25, -0.2) is 0 Å². The second-order valence-corrected chi connectivity index (χ2v) is 7.63. The third-order valence-corrected chi connectivity index (χ3v) is 5.40. The molecular formula is C18H26N2O2S. The van der Waals surface area contributed by atoms with Gasteiger partial charge in [0.15, 0.2) is 0 Å². The largest absolute Gasteiger partial charge is 0.373 e. The summed E-state index contributed by atoms with van der Waals surface area (Å²) in [6, 6.07) is 4.38. The summed E-state index contributed by atoms with van der Waals surface area (Å²) >= 11 is 1.66. The average molecular weight is 334 g/mol. The van der Waals surface area contributed by atoms with Crippen LogP contribution in [0.25, 0.3) is 6.08 Å². The Labute approximate surface area is 142 Å². The molecule has 0 N–H and O–H groups in total. The second kappa shape index (κ2) is 7.60. The maximum absolute atomic E-state index is 12.5. The van der Waals surface area contributed by atoms with Crippen LogP contribution >= 0.6 is 11.3 Å². The van der Waals surface area contributed by atoms with Crippen molar-refractivity contribution >= 4 is 23.3 Å². The van der Waals surface area contributed by atoms with Gasteiger partial charge in [0.25, 0.3) is 0 Å². The first-order valence-electron chi connectivity index (χ1n) is 8.52. The van der Waals surface area contributed by atoms with Crippen LogP contribution in [0.5, 0.6) is 0 Å². The van der Waals surface area contributed by atoms with Gasteiger partial charge in [-0.05, 0) is 44.2 Å². The van der Waals surface area contributed by atoms with Crippen LogP contribution in [0.3, 0.4) is 0 Å². The van der Waals surface area contributed by atoms with Crippen molar-refractivity contribution in [3.05, 3.63) is 28.5 Å². The van der Waals surface area contributed by atoms with Crippen LogP contribution in [-0.2, 0) is 9.53 Å². The van der Waals surface area contributed by atoms with Gasteiger partial charge in [-0.3, -0.25) is 9.69 Å². The van der Waals surface area contributed by atoms with Gasteiger partial charge in [-0.15, -0.1) is 11.3 Å². The SMILES string of the molecule is CC1CN(CC2CCCN2C(=O)/C=C/c2cccs2)CC(C)O1. The van der Waals surface area contributed by atoms with Crippen LogP contribution in [-0.4, -0.2) is 60.1 Å². The minimum Gasteiger partial charge on any atom is -0.373 e. The van der Waals surface area contributed by atoms with E-state index < -0.39 is 0 Å². The average Bonchev–Trinajstić information content (AvgIpc) is 3.15. The van der Waals surface area contributed by atoms with Gasteiger partial charge in [0.2, 0.25) is 5.91 Å². The lowest BCUT2D eigenvalue weighted by atomic mass is 10.1. The maximum atomic E-state index is 12.5. The Bertz CT molecular complexity index is 533. The molecule has 3 atom stereocenters. The van der Waals surface area contributed by atoms with Crippen molar-refractivity contribution in [3.8, 4) is 0 Å². The number of thiophene rings is 1. The maximum Gasteiger partial charge on any atom is 0.246 e. The van der Waals surface area contributed by atoms with Crippen molar-refractivity contribution in [1.29, 1.82) is 0 Å². The molecule has 5 heteroatoms. The van der Waals surface area contributed by atoms with Gasteiger partial charge in [0, 0.05) is 43.2 Å². The quantitative estimate of drug-likeness (QED) is 0.794. The van der Waals surface area contributed by atoms with Crippen LogP contribution in [0.4, 0.5) is 0 Å². The molecule has 3 heterocycles. The molecule has 0 bridgehead atoms. The van der Waals surface area contributed by atoms with Gasteiger partial charge in [-0.2, -0.15) is 0 Å². The Morgan fingerprint density at radius 3 is 2.87 bits per heavy atom. The van der Waals surface area contributed by atoms with Crippen molar-refractivity contribution in [2.24, 2.45) is 0 Å². The number of morpholine rings is 1. The summed E-state index contributed by atoms with van der Waals surface area (Å²) in [5.74, 6) is 0.148. The van der Waals surface area contributed by atoms with Gasteiger partial charge in [0.1, 0.15) is 0 Å². The van der Waals surface area contributed by atoms with Crippen LogP contribution in [0.2, 0.25) is 0 Å². The molecule has 2 fully saturated rings. The van der Waals surface area contributed by atoms with E-state index in [1.54, 1.807) is 17.4 Å². The van der Waals surface area contributed by atoms with Crippen molar-refractivity contribution in [1.82, 2.24) is 9.80 Å². The number of amides is 1. The fourth-order valence-electron chi connectivity index (χ4n) is 3.68. The Hall–Kier alpha value is -1.17. The Balaban J connectivity index is 1.57. The molecule has 3 unspecified atom stereocenters. The summed E-state index contributed by atoms with van der Waals surface area (Å²) in [5, 5.41) is 2.03. The zero-order valence-corrected chi connectivity index (χ0v) is 14.8. The van der Waals surface area contributed by atoms with E-state index in [-0.39, 0.29) is 18.1 Å². The number of hydrogen-bond acceptors (Lipinski definition) is 4. The van der Waals surface area contributed by atoms with Crippen LogP contribution in [0, 0.1) is 0 Å². The molecule has 2 saturated heterocycles. The molecule has 23 heavy (non-hydrogen) atoms. The predicted molar refractivity (Wildman–Crippen MR) is 94.5 cm³/mol. The molecule has 0 aliphatic carbocycles. The number of hydrogen-bond donors (Lipinski definition) is 0. The molecule has 2 aliphatic rings. The van der Waals surface area contributed by atoms with E-state index in [1.165, 1.54) is 0 Å². The second-order valence-electron chi connectivity index (χ2n) is 6.65. The number of carbonyl (C=O) groups is 1. The van der Waals surface area contributed by atoms with Crippen molar-refractivity contribution < 1.29 is 9.53 Å². The lowest BCUT2D eigenvalue weighted by Crippen LogP contribution is -2.50. The number of nitrogens with zero attached hydrogens (tertiary/aromatic N) is 2. The lowest BCUT2D eigenvalue weighted by molar-refractivity contribution is -0.127. The monoisotopic (exact) mass is 334 g/mol. The lowest BCUT2D eigenvalue weighted by Gasteiger charge is -2.38. The summed E-state index contributed by atoms with van der Waals surface area (Å²) in [6.45, 7) is 8.04. The summed E-state index contributed by atoms with van der Waals surface area (Å²) in [5.41, 5.74) is 0. The molecule has 1 aromatic heterocycles. The van der Waals surface area contributed by atoms with Crippen LogP contribution in [0.1, 0.15) is 31.6 Å². The zero-order valence-electron chi connectivity index (χ0n) is 14.0. The molecule has 2 aliphatic heterocycles. The van der Waals surface area contributed by atoms with E-state index in [0.29, 0.717) is 6.04 Å². The van der Waals surface area contributed by atoms with Gasteiger partial charge in [0.05, 0.1) is 12.2 Å². The fourth-order valence-corrected chi connectivity index (χ4v) is 4.30. The standard InChI is InChI=1S/C18H26N2O2S/c1-14-11-19(12-15(2)22-14)13-16-5-3-9-20(16)18(21)8-7-17-6-4-10-23-17/h4,6-8,10,14-16H,3,5,9,11-13H2,1-2H3/b8-7+. The van der Waals surface area contributed by atoms with Crippen molar-refractivity contribution in [2.75, 3.05) is 26.2 Å². The number of rotatable bonds is 4. The molecule has 0 radical (unpaired) electrons. The Morgan fingerprint density at radius 2 is 2.17 bits per heavy atom. The van der Waals surface area contributed by atoms with Crippen molar-refractivity contribution in [3.63, 3.8) is 0 Å². The highest BCUT2D eigenvalue weighted by molar-refractivity contribution is 7.10. The molecule has 126 valence electrons. The number of likely N-dealkylation sites (tertiary alicyclic amines) is 1. The summed E-state index contributed by atoms with van der Waals surface area (Å²) in [7, 11) is 0.